The first kappa shape index (κ1) is 14.8. The van der Waals surface area contributed by atoms with Crippen LogP contribution in [0, 0.1) is 6.92 Å². The molecule has 4 heteroatoms. The Balaban J connectivity index is 3.05. The molecule has 1 rings (SSSR count). The van der Waals surface area contributed by atoms with Crippen LogP contribution in [-0.4, -0.2) is 27.7 Å². The third-order valence-corrected chi connectivity index (χ3v) is 3.23. The minimum Gasteiger partial charge on any atom is -0.503 e. The second kappa shape index (κ2) is 6.59. The molecule has 0 amide bonds. The summed E-state index contributed by atoms with van der Waals surface area (Å²) in [6.45, 7) is 8.75. The fourth-order valence-corrected chi connectivity index (χ4v) is 2.16. The summed E-state index contributed by atoms with van der Waals surface area (Å²) < 4.78 is 1.90. The SMILES string of the molecule is CCCN(CCC)Cc1c(O)c(=O)cc(C)n1C. The van der Waals surface area contributed by atoms with Gasteiger partial charge in [0.15, 0.2) is 5.75 Å². The molecule has 18 heavy (non-hydrogen) atoms. The van der Waals surface area contributed by atoms with Gasteiger partial charge in [0.2, 0.25) is 5.43 Å². The van der Waals surface area contributed by atoms with Crippen LogP contribution in [-0.2, 0) is 13.6 Å². The van der Waals surface area contributed by atoms with Gasteiger partial charge in [0.05, 0.1) is 5.69 Å². The summed E-state index contributed by atoms with van der Waals surface area (Å²) in [6.07, 6.45) is 2.14. The molecule has 0 aromatic carbocycles. The molecule has 0 unspecified atom stereocenters. The van der Waals surface area contributed by atoms with Crippen molar-refractivity contribution in [2.75, 3.05) is 13.1 Å². The van der Waals surface area contributed by atoms with E-state index < -0.39 is 0 Å². The Hall–Kier alpha value is -1.29. The van der Waals surface area contributed by atoms with Gasteiger partial charge < -0.3 is 9.67 Å². The lowest BCUT2D eigenvalue weighted by atomic mass is 10.2. The van der Waals surface area contributed by atoms with Gasteiger partial charge in [-0.3, -0.25) is 9.69 Å². The number of rotatable bonds is 6. The number of hydrogen-bond acceptors (Lipinski definition) is 3. The molecular weight excluding hydrogens is 228 g/mol. The zero-order chi connectivity index (χ0) is 13.7. The van der Waals surface area contributed by atoms with Crippen LogP contribution in [0.5, 0.6) is 5.75 Å². The molecule has 0 bridgehead atoms. The fraction of sp³-hybridized carbons (Fsp3) is 0.643. The molecule has 0 aliphatic carbocycles. The Morgan fingerprint density at radius 3 is 2.33 bits per heavy atom. The topological polar surface area (TPSA) is 45.5 Å². The molecule has 1 aromatic heterocycles. The molecule has 0 saturated carbocycles. The third kappa shape index (κ3) is 3.35. The number of hydrogen-bond donors (Lipinski definition) is 1. The van der Waals surface area contributed by atoms with Crippen LogP contribution in [0.4, 0.5) is 0 Å². The molecule has 4 nitrogen and oxygen atoms in total. The van der Waals surface area contributed by atoms with Crippen LogP contribution in [0.1, 0.15) is 38.1 Å². The summed E-state index contributed by atoms with van der Waals surface area (Å²) in [5, 5.41) is 9.93. The quantitative estimate of drug-likeness (QED) is 0.842. The van der Waals surface area contributed by atoms with E-state index in [1.54, 1.807) is 0 Å². The zero-order valence-electron chi connectivity index (χ0n) is 11.9. The summed E-state index contributed by atoms with van der Waals surface area (Å²) in [4.78, 5) is 13.9. The van der Waals surface area contributed by atoms with Crippen LogP contribution in [0.15, 0.2) is 10.9 Å². The van der Waals surface area contributed by atoms with Crippen LogP contribution in [0.2, 0.25) is 0 Å². The second-order valence-corrected chi connectivity index (χ2v) is 4.78. The standard InChI is InChI=1S/C14H24N2O2/c1-5-7-16(8-6-2)10-12-14(18)13(17)9-11(3)15(12)4/h9,18H,5-8,10H2,1-4H3. The predicted molar refractivity (Wildman–Crippen MR) is 73.9 cm³/mol. The summed E-state index contributed by atoms with van der Waals surface area (Å²) in [5.74, 6) is -0.111. The van der Waals surface area contributed by atoms with Crippen LogP contribution < -0.4 is 5.43 Å². The van der Waals surface area contributed by atoms with Gasteiger partial charge in [-0.1, -0.05) is 13.8 Å². The lowest BCUT2D eigenvalue weighted by Gasteiger charge is -2.23. The largest absolute Gasteiger partial charge is 0.503 e. The summed E-state index contributed by atoms with van der Waals surface area (Å²) in [5.41, 5.74) is 1.30. The van der Waals surface area contributed by atoms with E-state index in [1.807, 2.05) is 18.5 Å². The molecule has 0 fully saturated rings. The maximum absolute atomic E-state index is 11.6. The first-order valence-electron chi connectivity index (χ1n) is 6.62. The highest BCUT2D eigenvalue weighted by atomic mass is 16.3. The fourth-order valence-electron chi connectivity index (χ4n) is 2.16. The van der Waals surface area contributed by atoms with Crippen molar-refractivity contribution in [3.05, 3.63) is 27.7 Å². The van der Waals surface area contributed by atoms with Crippen molar-refractivity contribution >= 4 is 0 Å². The van der Waals surface area contributed by atoms with Gasteiger partial charge >= 0.3 is 0 Å². The third-order valence-electron chi connectivity index (χ3n) is 3.23. The lowest BCUT2D eigenvalue weighted by molar-refractivity contribution is 0.255. The van der Waals surface area contributed by atoms with E-state index in [1.165, 1.54) is 6.07 Å². The van der Waals surface area contributed by atoms with Gasteiger partial charge in [-0.25, -0.2) is 0 Å². The molecule has 0 atom stereocenters. The van der Waals surface area contributed by atoms with Crippen molar-refractivity contribution in [1.82, 2.24) is 9.47 Å². The van der Waals surface area contributed by atoms with E-state index >= 15 is 0 Å². The molecule has 0 radical (unpaired) electrons. The number of aromatic hydroxyl groups is 1. The molecule has 0 aliphatic rings. The normalized spacial score (nSPS) is 11.2. The van der Waals surface area contributed by atoms with Crippen LogP contribution >= 0.6 is 0 Å². The minimum atomic E-state index is -0.284. The monoisotopic (exact) mass is 252 g/mol. The van der Waals surface area contributed by atoms with E-state index in [0.29, 0.717) is 12.2 Å². The van der Waals surface area contributed by atoms with Crippen molar-refractivity contribution in [3.63, 3.8) is 0 Å². The van der Waals surface area contributed by atoms with E-state index in [9.17, 15) is 9.90 Å². The van der Waals surface area contributed by atoms with Crippen molar-refractivity contribution in [3.8, 4) is 5.75 Å². The molecule has 1 N–H and O–H groups in total. The van der Waals surface area contributed by atoms with E-state index in [4.69, 9.17) is 0 Å². The van der Waals surface area contributed by atoms with Gasteiger partial charge in [-0.15, -0.1) is 0 Å². The van der Waals surface area contributed by atoms with Gasteiger partial charge in [0.1, 0.15) is 0 Å². The highest BCUT2D eigenvalue weighted by Crippen LogP contribution is 2.15. The van der Waals surface area contributed by atoms with Crippen LogP contribution in [0.25, 0.3) is 0 Å². The summed E-state index contributed by atoms with van der Waals surface area (Å²) in [7, 11) is 1.89. The second-order valence-electron chi connectivity index (χ2n) is 4.78. The molecule has 0 aliphatic heterocycles. The zero-order valence-corrected chi connectivity index (χ0v) is 11.9. The smallest absolute Gasteiger partial charge is 0.223 e. The maximum atomic E-state index is 11.6. The molecule has 102 valence electrons. The first-order valence-corrected chi connectivity index (χ1v) is 6.62. The Kier molecular flexibility index (Phi) is 5.41. The Morgan fingerprint density at radius 1 is 1.28 bits per heavy atom. The Labute approximate surface area is 109 Å². The molecule has 0 spiro atoms. The van der Waals surface area contributed by atoms with E-state index in [2.05, 4.69) is 18.7 Å². The van der Waals surface area contributed by atoms with Gasteiger partial charge in [-0.2, -0.15) is 0 Å². The number of nitrogens with zero attached hydrogens (tertiary/aromatic N) is 2. The molecular formula is C14H24N2O2. The maximum Gasteiger partial charge on any atom is 0.223 e. The Morgan fingerprint density at radius 2 is 1.83 bits per heavy atom. The summed E-state index contributed by atoms with van der Waals surface area (Å²) in [6, 6.07) is 1.48. The predicted octanol–water partition coefficient (Wildman–Crippen LogP) is 2.02. The average molecular weight is 252 g/mol. The molecule has 1 aromatic rings. The van der Waals surface area contributed by atoms with Crippen molar-refractivity contribution in [2.45, 2.75) is 40.2 Å². The Bertz CT molecular complexity index is 446. The van der Waals surface area contributed by atoms with E-state index in [0.717, 1.165) is 31.6 Å². The number of aromatic nitrogens is 1. The highest BCUT2D eigenvalue weighted by molar-refractivity contribution is 5.29. The van der Waals surface area contributed by atoms with Gasteiger partial charge in [0.25, 0.3) is 0 Å². The molecule has 1 heterocycles. The number of aryl methyl sites for hydroxylation is 1. The van der Waals surface area contributed by atoms with E-state index in [-0.39, 0.29) is 11.2 Å². The van der Waals surface area contributed by atoms with Crippen LogP contribution in [0.3, 0.4) is 0 Å². The van der Waals surface area contributed by atoms with Crippen molar-refractivity contribution in [2.24, 2.45) is 7.05 Å². The summed E-state index contributed by atoms with van der Waals surface area (Å²) >= 11 is 0. The highest BCUT2D eigenvalue weighted by Gasteiger charge is 2.13. The molecule has 0 saturated heterocycles. The average Bonchev–Trinajstić information content (AvgIpc) is 2.32. The first-order chi connectivity index (χ1) is 8.51. The van der Waals surface area contributed by atoms with Gasteiger partial charge in [0, 0.05) is 25.4 Å². The minimum absolute atomic E-state index is 0.111. The lowest BCUT2D eigenvalue weighted by Crippen LogP contribution is -2.28. The van der Waals surface area contributed by atoms with Crippen molar-refractivity contribution in [1.29, 1.82) is 0 Å². The van der Waals surface area contributed by atoms with Crippen molar-refractivity contribution < 1.29 is 5.11 Å². The number of pyridine rings is 1. The van der Waals surface area contributed by atoms with Gasteiger partial charge in [-0.05, 0) is 32.9 Å².